The van der Waals surface area contributed by atoms with Crippen molar-refractivity contribution < 1.29 is 76.4 Å². The lowest BCUT2D eigenvalue weighted by molar-refractivity contribution is -0.434. The van der Waals surface area contributed by atoms with Crippen molar-refractivity contribution in [3.63, 3.8) is 0 Å². The van der Waals surface area contributed by atoms with E-state index in [2.05, 4.69) is 44.3 Å². The van der Waals surface area contributed by atoms with Crippen molar-refractivity contribution in [2.75, 3.05) is 13.7 Å². The summed E-state index contributed by atoms with van der Waals surface area (Å²) < 4.78 is 52.0. The molecule has 0 aliphatic heterocycles. The molecule has 0 saturated carbocycles. The molecule has 0 saturated heterocycles. The maximum Gasteiger partial charge on any atom is 0.357 e. The molecule has 4 aromatic carbocycles. The van der Waals surface area contributed by atoms with Crippen LogP contribution in [0.3, 0.4) is 0 Å². The Hall–Kier alpha value is -5.45. The van der Waals surface area contributed by atoms with Crippen molar-refractivity contribution in [2.45, 2.75) is 22.6 Å². The molecule has 7 N–H and O–H groups in total. The molecule has 0 spiro atoms. The van der Waals surface area contributed by atoms with Gasteiger partial charge in [-0.1, -0.05) is 16.1 Å². The van der Waals surface area contributed by atoms with Crippen molar-refractivity contribution in [3.05, 3.63) is 71.9 Å². The van der Waals surface area contributed by atoms with Crippen LogP contribution in [0.25, 0.3) is 16.5 Å². The predicted molar refractivity (Wildman–Crippen MR) is 188 cm³/mol. The molecule has 1 aromatic heterocycles. The summed E-state index contributed by atoms with van der Waals surface area (Å²) in [4.78, 5) is 11.8. The van der Waals surface area contributed by atoms with Crippen LogP contribution in [0.4, 0.5) is 22.7 Å². The number of aromatic hydroxyl groups is 3. The zero-order chi connectivity index (χ0) is 39.7. The topological polar surface area (TPSA) is 315 Å². The zero-order valence-electron chi connectivity index (χ0n) is 27.6. The summed E-state index contributed by atoms with van der Waals surface area (Å²) in [5.41, 5.74) is -0.802. The Morgan fingerprint density at radius 3 is 2.31 bits per heavy atom. The van der Waals surface area contributed by atoms with Gasteiger partial charge in [0.1, 0.15) is 22.9 Å². The van der Waals surface area contributed by atoms with Gasteiger partial charge in [-0.2, -0.15) is 13.5 Å². The summed E-state index contributed by atoms with van der Waals surface area (Å²) in [6, 6.07) is 12.9. The van der Waals surface area contributed by atoms with E-state index in [9.17, 15) is 38.2 Å². The van der Waals surface area contributed by atoms with Gasteiger partial charge in [-0.3, -0.25) is 8.74 Å². The van der Waals surface area contributed by atoms with Gasteiger partial charge in [-0.25, -0.2) is 20.0 Å². The number of aromatic nitrogens is 2. The lowest BCUT2D eigenvalue weighted by Crippen LogP contribution is -2.08. The minimum absolute atomic E-state index is 0.00797. The maximum absolute atomic E-state index is 12.2. The number of phenolic OH excluding ortho intramolecular Hbond substituents is 2. The Bertz CT molecular complexity index is 2360. The number of hydrogen-bond acceptors (Lipinski definition) is 21. The second-order valence-electron chi connectivity index (χ2n) is 10.6. The number of aryl methyl sites for hydroxylation is 1. The summed E-state index contributed by atoms with van der Waals surface area (Å²) in [6.45, 7) is 0.194. The van der Waals surface area contributed by atoms with Gasteiger partial charge in [0.2, 0.25) is 0 Å². The summed E-state index contributed by atoms with van der Waals surface area (Å²) >= 11 is 0.895. The highest BCUT2D eigenvalue weighted by atomic mass is 32.2. The maximum atomic E-state index is 12.2. The van der Waals surface area contributed by atoms with E-state index in [1.165, 1.54) is 43.5 Å². The first kappa shape index (κ1) is 40.7. The highest BCUT2D eigenvalue weighted by Gasteiger charge is 2.25. The standard InChI is InChI=1S/C30H26N6O16S3/c1-47-23-14-21(22(37)11-16(23)3-2-10-48-54-52-50-43)32-33-25-24(53-51-49-42)12-15-4-5-17(13-20(15)28(25)38)31-34-26-27(30(40)41)36(35-29(26)39)18-6-8-19(9-7-18)55(44,45)46/h4-9,11-14,37-38,42-43H,2-3,10H2,1H3,(H,35,39)(H,40,41)(H,44,45,46)/b33-32?,34-31+. The Labute approximate surface area is 316 Å². The number of azo groups is 2. The van der Waals surface area contributed by atoms with E-state index in [1.54, 1.807) is 0 Å². The number of fused-ring (bicyclic) bond motifs is 1. The van der Waals surface area contributed by atoms with Gasteiger partial charge in [0.15, 0.2) is 29.5 Å². The highest BCUT2D eigenvalue weighted by Crippen LogP contribution is 2.46. The summed E-state index contributed by atoms with van der Waals surface area (Å²) in [5, 5.41) is 86.9. The summed E-state index contributed by atoms with van der Waals surface area (Å²) in [5.74, 6) is -2.83. The van der Waals surface area contributed by atoms with Gasteiger partial charge >= 0.3 is 5.97 Å². The van der Waals surface area contributed by atoms with Crippen molar-refractivity contribution in [2.24, 2.45) is 20.5 Å². The average Bonchev–Trinajstić information content (AvgIpc) is 3.50. The monoisotopic (exact) mass is 822 g/mol. The van der Waals surface area contributed by atoms with Crippen LogP contribution < -0.4 is 4.74 Å². The third-order valence-electron chi connectivity index (χ3n) is 7.30. The van der Waals surface area contributed by atoms with Gasteiger partial charge in [0.05, 0.1) is 46.9 Å². The molecule has 25 heteroatoms. The number of carboxylic acid groups (broad SMARTS) is 1. The molecule has 55 heavy (non-hydrogen) atoms. The molecule has 0 amide bonds. The fourth-order valence-corrected chi connectivity index (χ4v) is 6.12. The van der Waals surface area contributed by atoms with E-state index >= 15 is 0 Å². The third kappa shape index (κ3) is 9.81. The number of ether oxygens (including phenoxy) is 1. The Morgan fingerprint density at radius 1 is 0.909 bits per heavy atom. The third-order valence-corrected chi connectivity index (χ3v) is 9.16. The molecule has 1 heterocycles. The van der Waals surface area contributed by atoms with Crippen LogP contribution in [-0.2, 0) is 39.5 Å². The smallest absolute Gasteiger partial charge is 0.357 e. The number of methoxy groups -OCH3 is 1. The largest absolute Gasteiger partial charge is 0.506 e. The molecule has 0 bridgehead atoms. The minimum Gasteiger partial charge on any atom is -0.506 e. The fraction of sp³-hybridized carbons (Fsp3) is 0.133. The van der Waals surface area contributed by atoms with E-state index in [-0.39, 0.29) is 45.4 Å². The van der Waals surface area contributed by atoms with Gasteiger partial charge in [-0.15, -0.1) is 29.1 Å². The number of hydrogen-bond donors (Lipinski definition) is 7. The second kappa shape index (κ2) is 18.3. The van der Waals surface area contributed by atoms with Gasteiger partial charge in [0.25, 0.3) is 16.0 Å². The summed E-state index contributed by atoms with van der Waals surface area (Å²) in [6.07, 6.45) is 0.854. The van der Waals surface area contributed by atoms with Crippen LogP contribution in [0.5, 0.6) is 23.1 Å². The molecule has 22 nitrogen and oxygen atoms in total. The van der Waals surface area contributed by atoms with Crippen molar-refractivity contribution in [1.29, 1.82) is 0 Å². The van der Waals surface area contributed by atoms with Crippen LogP contribution >= 0.6 is 24.4 Å². The van der Waals surface area contributed by atoms with Crippen LogP contribution in [0.15, 0.2) is 90.9 Å². The quantitative estimate of drug-likeness (QED) is 0.0114. The number of phenols is 2. The van der Waals surface area contributed by atoms with E-state index in [1.807, 2.05) is 0 Å². The number of rotatable bonds is 18. The number of nitrogens with zero attached hydrogens (tertiary/aromatic N) is 6. The van der Waals surface area contributed by atoms with Gasteiger partial charge in [0, 0.05) is 11.5 Å². The molecule has 0 fully saturated rings. The Kier molecular flexibility index (Phi) is 13.5. The van der Waals surface area contributed by atoms with E-state index < -0.39 is 44.0 Å². The summed E-state index contributed by atoms with van der Waals surface area (Å²) in [7, 11) is -3.13. The van der Waals surface area contributed by atoms with Crippen molar-refractivity contribution in [1.82, 2.24) is 9.78 Å². The second-order valence-corrected chi connectivity index (χ2v) is 13.3. The lowest BCUT2D eigenvalue weighted by Gasteiger charge is -2.11. The Balaban J connectivity index is 1.47. The molecule has 290 valence electrons. The van der Waals surface area contributed by atoms with E-state index in [0.717, 1.165) is 28.9 Å². The SMILES string of the molecule is COc1cc(N=Nc2c(SOOO)cc3ccc(/N=N/c4c(O)nn(-c5ccc(S(=O)(=O)O)cc5)c4C(=O)O)cc3c2O)c(O)cc1CCCOSOOO. The highest BCUT2D eigenvalue weighted by molar-refractivity contribution is 7.94. The molecular formula is C30H26N6O16S3. The van der Waals surface area contributed by atoms with Crippen LogP contribution in [-0.4, -0.2) is 73.4 Å². The first-order valence-corrected chi connectivity index (χ1v) is 17.8. The van der Waals surface area contributed by atoms with Crippen molar-refractivity contribution >= 4 is 74.0 Å². The molecule has 0 atom stereocenters. The minimum atomic E-state index is -4.54. The molecule has 0 aliphatic carbocycles. The number of carboxylic acids is 1. The van der Waals surface area contributed by atoms with E-state index in [0.29, 0.717) is 53.9 Å². The first-order valence-electron chi connectivity index (χ1n) is 14.9. The molecular weight excluding hydrogens is 797 g/mol. The average molecular weight is 823 g/mol. The predicted octanol–water partition coefficient (Wildman–Crippen LogP) is 7.29. The first-order chi connectivity index (χ1) is 26.4. The number of benzene rings is 4. The van der Waals surface area contributed by atoms with E-state index in [4.69, 9.17) is 19.4 Å². The van der Waals surface area contributed by atoms with Crippen LogP contribution in [0, 0.1) is 0 Å². The number of carbonyl (C=O) groups is 1. The van der Waals surface area contributed by atoms with Crippen LogP contribution in [0.2, 0.25) is 0 Å². The lowest BCUT2D eigenvalue weighted by atomic mass is 10.1. The fourth-order valence-electron chi connectivity index (χ4n) is 4.90. The Morgan fingerprint density at radius 2 is 1.64 bits per heavy atom. The zero-order valence-corrected chi connectivity index (χ0v) is 30.1. The molecule has 5 aromatic rings. The van der Waals surface area contributed by atoms with Gasteiger partial charge < -0.3 is 25.2 Å². The van der Waals surface area contributed by atoms with Gasteiger partial charge in [-0.05, 0) is 72.3 Å². The molecule has 0 unspecified atom stereocenters. The molecule has 0 aliphatic rings. The molecule has 5 rings (SSSR count). The molecule has 0 radical (unpaired) electrons. The normalized spacial score (nSPS) is 12.0. The number of aromatic carboxylic acids is 1. The van der Waals surface area contributed by atoms with Crippen LogP contribution in [0.1, 0.15) is 22.5 Å². The van der Waals surface area contributed by atoms with Crippen molar-refractivity contribution in [3.8, 4) is 28.8 Å².